The second-order valence-electron chi connectivity index (χ2n) is 9.13. The van der Waals surface area contributed by atoms with Gasteiger partial charge >= 0.3 is 6.03 Å². The number of nitrogens with zero attached hydrogens (tertiary/aromatic N) is 1. The Hall–Kier alpha value is -4.35. The van der Waals surface area contributed by atoms with E-state index in [0.717, 1.165) is 16.9 Å². The number of urea groups is 1. The van der Waals surface area contributed by atoms with Gasteiger partial charge in [0.2, 0.25) is 0 Å². The van der Waals surface area contributed by atoms with Crippen molar-refractivity contribution >= 4 is 68.7 Å². The van der Waals surface area contributed by atoms with Crippen molar-refractivity contribution in [1.29, 1.82) is 0 Å². The van der Waals surface area contributed by atoms with E-state index in [4.69, 9.17) is 25.8 Å². The summed E-state index contributed by atoms with van der Waals surface area (Å²) in [6.07, 6.45) is 2.14. The van der Waals surface area contributed by atoms with Gasteiger partial charge in [-0.2, -0.15) is 0 Å². The Labute approximate surface area is 255 Å². The van der Waals surface area contributed by atoms with Crippen molar-refractivity contribution in [2.24, 2.45) is 0 Å². The number of ether oxygens (including phenoxy) is 3. The van der Waals surface area contributed by atoms with Gasteiger partial charge in [-0.25, -0.2) is 9.69 Å². The molecule has 12 heteroatoms. The highest BCUT2D eigenvalue weighted by Gasteiger charge is 2.37. The first kappa shape index (κ1) is 30.6. The van der Waals surface area contributed by atoms with Gasteiger partial charge in [-0.05, 0) is 82.9 Å². The molecule has 1 heterocycles. The summed E-state index contributed by atoms with van der Waals surface area (Å²) >= 11 is 9.50. The number of methoxy groups -OCH3 is 1. The highest BCUT2D eigenvalue weighted by atomic mass is 79.9. The SMILES string of the molecule is CCCOc1ccc(N2C(=O)NC(=O)/C(=C/c3ccc(OCC(=O)Nc4ccc(C)c(Cl)c4)c(Br)c3)C2=O)cc1OC. The first-order valence-electron chi connectivity index (χ1n) is 12.8. The number of carbonyl (C=O) groups excluding carboxylic acids is 4. The fourth-order valence-electron chi connectivity index (χ4n) is 3.92. The predicted octanol–water partition coefficient (Wildman–Crippen LogP) is 5.89. The van der Waals surface area contributed by atoms with Gasteiger partial charge in [0.05, 0.1) is 23.9 Å². The number of carbonyl (C=O) groups is 4. The van der Waals surface area contributed by atoms with Crippen LogP contribution >= 0.6 is 27.5 Å². The molecule has 3 aromatic carbocycles. The number of benzene rings is 3. The van der Waals surface area contributed by atoms with Crippen molar-refractivity contribution in [2.75, 3.05) is 30.5 Å². The van der Waals surface area contributed by atoms with Crippen LogP contribution in [0.1, 0.15) is 24.5 Å². The molecule has 42 heavy (non-hydrogen) atoms. The number of barbiturate groups is 1. The standard InChI is InChI=1S/C30H27BrClN3O7/c1-4-11-41-25-10-8-20(15-26(25)40-3)35-29(38)21(28(37)34-30(35)39)12-18-6-9-24(22(31)13-18)42-16-27(36)33-19-7-5-17(2)23(32)14-19/h5-10,12-15H,4,11,16H2,1-3H3,(H,33,36)(H,34,37,39)/b21-12-. The average Bonchev–Trinajstić information content (AvgIpc) is 2.95. The van der Waals surface area contributed by atoms with E-state index in [-0.39, 0.29) is 23.8 Å². The molecule has 3 aromatic rings. The molecule has 10 nitrogen and oxygen atoms in total. The molecule has 0 spiro atoms. The second-order valence-corrected chi connectivity index (χ2v) is 10.4. The van der Waals surface area contributed by atoms with Crippen LogP contribution in [-0.4, -0.2) is 44.1 Å². The van der Waals surface area contributed by atoms with Crippen LogP contribution in [0.3, 0.4) is 0 Å². The van der Waals surface area contributed by atoms with Gasteiger partial charge in [0.1, 0.15) is 11.3 Å². The number of hydrogen-bond donors (Lipinski definition) is 2. The summed E-state index contributed by atoms with van der Waals surface area (Å²) in [5.41, 5.74) is 1.86. The van der Waals surface area contributed by atoms with E-state index in [2.05, 4.69) is 26.6 Å². The van der Waals surface area contributed by atoms with Gasteiger partial charge in [-0.15, -0.1) is 0 Å². The Morgan fingerprint density at radius 2 is 1.79 bits per heavy atom. The van der Waals surface area contributed by atoms with Crippen molar-refractivity contribution < 1.29 is 33.4 Å². The van der Waals surface area contributed by atoms with Crippen LogP contribution in [0.2, 0.25) is 5.02 Å². The van der Waals surface area contributed by atoms with Crippen molar-refractivity contribution in [3.8, 4) is 17.2 Å². The van der Waals surface area contributed by atoms with Gasteiger partial charge < -0.3 is 19.5 Å². The Morgan fingerprint density at radius 3 is 2.48 bits per heavy atom. The highest BCUT2D eigenvalue weighted by molar-refractivity contribution is 9.10. The third-order valence-corrected chi connectivity index (χ3v) is 7.08. The van der Waals surface area contributed by atoms with E-state index in [0.29, 0.717) is 44.6 Å². The molecule has 4 rings (SSSR count). The lowest BCUT2D eigenvalue weighted by Crippen LogP contribution is -2.54. The Bertz CT molecular complexity index is 1590. The van der Waals surface area contributed by atoms with Gasteiger partial charge in [-0.3, -0.25) is 19.7 Å². The predicted molar refractivity (Wildman–Crippen MR) is 162 cm³/mol. The van der Waals surface area contributed by atoms with Crippen LogP contribution in [0.5, 0.6) is 17.2 Å². The molecule has 218 valence electrons. The van der Waals surface area contributed by atoms with Crippen molar-refractivity contribution in [3.63, 3.8) is 0 Å². The first-order chi connectivity index (χ1) is 20.1. The van der Waals surface area contributed by atoms with Gasteiger partial charge in [0.15, 0.2) is 18.1 Å². The fourth-order valence-corrected chi connectivity index (χ4v) is 4.61. The lowest BCUT2D eigenvalue weighted by molar-refractivity contribution is -0.122. The fraction of sp³-hybridized carbons (Fsp3) is 0.200. The maximum atomic E-state index is 13.3. The van der Waals surface area contributed by atoms with Gasteiger partial charge in [0.25, 0.3) is 17.7 Å². The van der Waals surface area contributed by atoms with Crippen LogP contribution < -0.4 is 29.7 Å². The van der Waals surface area contributed by atoms with Crippen LogP contribution in [0.25, 0.3) is 6.08 Å². The van der Waals surface area contributed by atoms with E-state index in [9.17, 15) is 19.2 Å². The minimum absolute atomic E-state index is 0.202. The minimum Gasteiger partial charge on any atom is -0.493 e. The number of nitrogens with one attached hydrogen (secondary N) is 2. The molecule has 0 saturated carbocycles. The van der Waals surface area contributed by atoms with Gasteiger partial charge in [0, 0.05) is 16.8 Å². The quantitative estimate of drug-likeness (QED) is 0.206. The molecule has 0 unspecified atom stereocenters. The molecule has 5 amide bonds. The van der Waals surface area contributed by atoms with Gasteiger partial charge in [-0.1, -0.05) is 30.7 Å². The molecule has 0 aromatic heterocycles. The number of amides is 5. The summed E-state index contributed by atoms with van der Waals surface area (Å²) in [6.45, 7) is 4.02. The molecular weight excluding hydrogens is 630 g/mol. The smallest absolute Gasteiger partial charge is 0.335 e. The Morgan fingerprint density at radius 1 is 1.02 bits per heavy atom. The maximum absolute atomic E-state index is 13.3. The number of hydrogen-bond acceptors (Lipinski definition) is 7. The van der Waals surface area contributed by atoms with Crippen molar-refractivity contribution in [2.45, 2.75) is 20.3 Å². The monoisotopic (exact) mass is 655 g/mol. The third-order valence-electron chi connectivity index (χ3n) is 6.05. The van der Waals surface area contributed by atoms with E-state index >= 15 is 0 Å². The topological polar surface area (TPSA) is 123 Å². The molecule has 0 aliphatic carbocycles. The first-order valence-corrected chi connectivity index (χ1v) is 14.0. The van der Waals surface area contributed by atoms with Crippen LogP contribution in [-0.2, 0) is 14.4 Å². The zero-order valence-corrected chi connectivity index (χ0v) is 25.3. The Balaban J connectivity index is 1.48. The number of halogens is 2. The number of aryl methyl sites for hydroxylation is 1. The van der Waals surface area contributed by atoms with E-state index in [1.807, 2.05) is 13.8 Å². The van der Waals surface area contributed by atoms with Crippen LogP contribution in [0.15, 0.2) is 64.6 Å². The molecule has 2 N–H and O–H groups in total. The lowest BCUT2D eigenvalue weighted by Gasteiger charge is -2.27. The third kappa shape index (κ3) is 7.10. The zero-order chi connectivity index (χ0) is 30.4. The molecule has 0 radical (unpaired) electrons. The summed E-state index contributed by atoms with van der Waals surface area (Å²) in [5.74, 6) is -0.867. The molecule has 1 aliphatic heterocycles. The van der Waals surface area contributed by atoms with Crippen molar-refractivity contribution in [3.05, 3.63) is 80.8 Å². The lowest BCUT2D eigenvalue weighted by atomic mass is 10.1. The molecular formula is C30H27BrClN3O7. The molecule has 1 saturated heterocycles. The average molecular weight is 657 g/mol. The van der Waals surface area contributed by atoms with E-state index in [1.165, 1.54) is 25.3 Å². The molecule has 0 bridgehead atoms. The largest absolute Gasteiger partial charge is 0.493 e. The number of rotatable bonds is 10. The van der Waals surface area contributed by atoms with Crippen molar-refractivity contribution in [1.82, 2.24) is 5.32 Å². The highest BCUT2D eigenvalue weighted by Crippen LogP contribution is 2.34. The maximum Gasteiger partial charge on any atom is 0.335 e. The number of anilines is 2. The molecule has 1 fully saturated rings. The second kappa shape index (κ2) is 13.5. The summed E-state index contributed by atoms with van der Waals surface area (Å²) < 4.78 is 17.1. The molecule has 1 aliphatic rings. The summed E-state index contributed by atoms with van der Waals surface area (Å²) in [5, 5.41) is 5.45. The van der Waals surface area contributed by atoms with E-state index < -0.39 is 17.8 Å². The summed E-state index contributed by atoms with van der Waals surface area (Å²) in [7, 11) is 1.45. The zero-order valence-electron chi connectivity index (χ0n) is 23.0. The Kier molecular flexibility index (Phi) is 9.87. The van der Waals surface area contributed by atoms with Crippen LogP contribution in [0.4, 0.5) is 16.2 Å². The molecule has 0 atom stereocenters. The summed E-state index contributed by atoms with van der Waals surface area (Å²) in [4.78, 5) is 51.8. The van der Waals surface area contributed by atoms with Crippen LogP contribution in [0, 0.1) is 6.92 Å². The van der Waals surface area contributed by atoms with E-state index in [1.54, 1.807) is 42.5 Å². The minimum atomic E-state index is -0.887. The number of imide groups is 2. The normalized spacial score (nSPS) is 14.1. The summed E-state index contributed by atoms with van der Waals surface area (Å²) in [6, 6.07) is 13.7.